The highest BCUT2D eigenvalue weighted by atomic mass is 79.9. The molecule has 1 aliphatic heterocycles. The SMILES string of the molecule is NC(C1=CCCO1)c1cc(F)ccc1Br. The molecule has 1 atom stereocenters. The number of rotatable bonds is 2. The van der Waals surface area contributed by atoms with E-state index < -0.39 is 6.04 Å². The highest BCUT2D eigenvalue weighted by molar-refractivity contribution is 9.10. The van der Waals surface area contributed by atoms with Crippen LogP contribution in [0.2, 0.25) is 0 Å². The van der Waals surface area contributed by atoms with Crippen LogP contribution in [0.3, 0.4) is 0 Å². The Bertz CT molecular complexity index is 406. The maximum Gasteiger partial charge on any atom is 0.123 e. The van der Waals surface area contributed by atoms with Crippen molar-refractivity contribution in [3.8, 4) is 0 Å². The fourth-order valence-corrected chi connectivity index (χ4v) is 2.05. The van der Waals surface area contributed by atoms with E-state index in [1.54, 1.807) is 6.07 Å². The van der Waals surface area contributed by atoms with Crippen LogP contribution in [0.1, 0.15) is 18.0 Å². The lowest BCUT2D eigenvalue weighted by Gasteiger charge is -2.15. The van der Waals surface area contributed by atoms with Gasteiger partial charge in [0.15, 0.2) is 0 Å². The molecule has 1 aliphatic rings. The van der Waals surface area contributed by atoms with Gasteiger partial charge in [-0.2, -0.15) is 0 Å². The zero-order valence-electron chi connectivity index (χ0n) is 8.04. The first-order valence-electron chi connectivity index (χ1n) is 4.72. The van der Waals surface area contributed by atoms with E-state index in [4.69, 9.17) is 10.5 Å². The van der Waals surface area contributed by atoms with Crippen molar-refractivity contribution in [1.82, 2.24) is 0 Å². The van der Waals surface area contributed by atoms with Crippen LogP contribution < -0.4 is 5.73 Å². The molecule has 80 valence electrons. The molecule has 1 aromatic rings. The van der Waals surface area contributed by atoms with Crippen LogP contribution in [-0.2, 0) is 4.74 Å². The molecule has 0 bridgehead atoms. The van der Waals surface area contributed by atoms with E-state index in [0.29, 0.717) is 12.2 Å². The Morgan fingerprint density at radius 3 is 2.93 bits per heavy atom. The summed E-state index contributed by atoms with van der Waals surface area (Å²) in [7, 11) is 0. The maximum atomic E-state index is 13.1. The zero-order chi connectivity index (χ0) is 10.8. The third kappa shape index (κ3) is 2.21. The van der Waals surface area contributed by atoms with Gasteiger partial charge in [-0.05, 0) is 29.8 Å². The van der Waals surface area contributed by atoms with Gasteiger partial charge in [0.05, 0.1) is 12.6 Å². The first-order valence-corrected chi connectivity index (χ1v) is 5.51. The molecular formula is C11H11BrFNO. The zero-order valence-corrected chi connectivity index (χ0v) is 9.63. The van der Waals surface area contributed by atoms with Gasteiger partial charge in [-0.1, -0.05) is 15.9 Å². The fraction of sp³-hybridized carbons (Fsp3) is 0.273. The molecule has 0 saturated carbocycles. The van der Waals surface area contributed by atoms with Crippen molar-refractivity contribution in [2.75, 3.05) is 6.61 Å². The van der Waals surface area contributed by atoms with Gasteiger partial charge in [0.2, 0.25) is 0 Å². The van der Waals surface area contributed by atoms with Gasteiger partial charge in [0.25, 0.3) is 0 Å². The van der Waals surface area contributed by atoms with Crippen LogP contribution >= 0.6 is 15.9 Å². The van der Waals surface area contributed by atoms with E-state index in [2.05, 4.69) is 15.9 Å². The lowest BCUT2D eigenvalue weighted by Crippen LogP contribution is -2.14. The largest absolute Gasteiger partial charge is 0.496 e. The minimum atomic E-state index is -0.391. The summed E-state index contributed by atoms with van der Waals surface area (Å²) in [6.45, 7) is 0.663. The van der Waals surface area contributed by atoms with Crippen molar-refractivity contribution < 1.29 is 9.13 Å². The molecule has 0 aromatic heterocycles. The monoisotopic (exact) mass is 271 g/mol. The van der Waals surface area contributed by atoms with Crippen LogP contribution in [0.25, 0.3) is 0 Å². The van der Waals surface area contributed by atoms with Crippen LogP contribution in [0.15, 0.2) is 34.5 Å². The second-order valence-electron chi connectivity index (χ2n) is 3.39. The predicted octanol–water partition coefficient (Wildman–Crippen LogP) is 2.89. The van der Waals surface area contributed by atoms with Crippen molar-refractivity contribution in [2.45, 2.75) is 12.5 Å². The van der Waals surface area contributed by atoms with E-state index >= 15 is 0 Å². The number of hydrogen-bond donors (Lipinski definition) is 1. The Balaban J connectivity index is 2.31. The fourth-order valence-electron chi connectivity index (χ4n) is 1.56. The summed E-state index contributed by atoms with van der Waals surface area (Å²) in [4.78, 5) is 0. The number of benzene rings is 1. The van der Waals surface area contributed by atoms with Gasteiger partial charge in [-0.3, -0.25) is 0 Å². The third-order valence-electron chi connectivity index (χ3n) is 2.33. The lowest BCUT2D eigenvalue weighted by molar-refractivity contribution is 0.225. The molecule has 0 fully saturated rings. The second kappa shape index (κ2) is 4.33. The van der Waals surface area contributed by atoms with E-state index in [1.807, 2.05) is 6.08 Å². The minimum absolute atomic E-state index is 0.290. The molecule has 0 amide bonds. The summed E-state index contributed by atoms with van der Waals surface area (Å²) in [6.07, 6.45) is 2.82. The topological polar surface area (TPSA) is 35.2 Å². The number of hydrogen-bond acceptors (Lipinski definition) is 2. The summed E-state index contributed by atoms with van der Waals surface area (Å²) in [5.41, 5.74) is 6.69. The normalized spacial score (nSPS) is 17.1. The standard InChI is InChI=1S/C11H11BrFNO/c12-9-4-3-7(13)6-8(9)11(14)10-2-1-5-15-10/h2-4,6,11H,1,5,14H2. The smallest absolute Gasteiger partial charge is 0.123 e. The lowest BCUT2D eigenvalue weighted by atomic mass is 10.1. The molecule has 1 aromatic carbocycles. The van der Waals surface area contributed by atoms with Crippen LogP contribution in [-0.4, -0.2) is 6.61 Å². The summed E-state index contributed by atoms with van der Waals surface area (Å²) in [5.74, 6) is 0.434. The minimum Gasteiger partial charge on any atom is -0.496 e. The molecule has 2 rings (SSSR count). The first kappa shape index (κ1) is 10.6. The van der Waals surface area contributed by atoms with Crippen molar-refractivity contribution >= 4 is 15.9 Å². The first-order chi connectivity index (χ1) is 7.18. The quantitative estimate of drug-likeness (QED) is 0.898. The summed E-state index contributed by atoms with van der Waals surface area (Å²) < 4.78 is 19.2. The number of ether oxygens (including phenoxy) is 1. The van der Waals surface area contributed by atoms with Gasteiger partial charge in [0.1, 0.15) is 11.6 Å². The van der Waals surface area contributed by atoms with Crippen molar-refractivity contribution in [3.05, 3.63) is 45.9 Å². The molecule has 0 radical (unpaired) electrons. The van der Waals surface area contributed by atoms with Gasteiger partial charge in [0, 0.05) is 10.9 Å². The second-order valence-corrected chi connectivity index (χ2v) is 4.24. The van der Waals surface area contributed by atoms with Crippen molar-refractivity contribution in [2.24, 2.45) is 5.73 Å². The number of halogens is 2. The van der Waals surface area contributed by atoms with Gasteiger partial charge >= 0.3 is 0 Å². The molecule has 0 spiro atoms. The third-order valence-corrected chi connectivity index (χ3v) is 3.05. The van der Waals surface area contributed by atoms with Crippen molar-refractivity contribution in [3.63, 3.8) is 0 Å². The van der Waals surface area contributed by atoms with Crippen molar-refractivity contribution in [1.29, 1.82) is 0 Å². The summed E-state index contributed by atoms with van der Waals surface area (Å²) in [5, 5.41) is 0. The molecule has 0 saturated heterocycles. The molecule has 15 heavy (non-hydrogen) atoms. The molecule has 1 unspecified atom stereocenters. The highest BCUT2D eigenvalue weighted by Crippen LogP contribution is 2.29. The van der Waals surface area contributed by atoms with Gasteiger partial charge < -0.3 is 10.5 Å². The van der Waals surface area contributed by atoms with Crippen LogP contribution in [0, 0.1) is 5.82 Å². The Morgan fingerprint density at radius 2 is 2.27 bits per heavy atom. The Morgan fingerprint density at radius 1 is 1.47 bits per heavy atom. The highest BCUT2D eigenvalue weighted by Gasteiger charge is 2.19. The Hall–Kier alpha value is -0.870. The molecule has 2 nitrogen and oxygen atoms in total. The molecule has 0 aliphatic carbocycles. The number of nitrogens with two attached hydrogens (primary N) is 1. The Labute approximate surface area is 96.0 Å². The van der Waals surface area contributed by atoms with E-state index in [1.165, 1.54) is 12.1 Å². The van der Waals surface area contributed by atoms with Crippen LogP contribution in [0.5, 0.6) is 0 Å². The summed E-state index contributed by atoms with van der Waals surface area (Å²) in [6, 6.07) is 4.08. The van der Waals surface area contributed by atoms with Gasteiger partial charge in [-0.15, -0.1) is 0 Å². The predicted molar refractivity (Wildman–Crippen MR) is 59.7 cm³/mol. The van der Waals surface area contributed by atoms with E-state index in [-0.39, 0.29) is 5.82 Å². The molecule has 4 heteroatoms. The van der Waals surface area contributed by atoms with E-state index in [0.717, 1.165) is 16.7 Å². The van der Waals surface area contributed by atoms with E-state index in [9.17, 15) is 4.39 Å². The average Bonchev–Trinajstić information content (AvgIpc) is 2.74. The average molecular weight is 272 g/mol. The maximum absolute atomic E-state index is 13.1. The van der Waals surface area contributed by atoms with Gasteiger partial charge in [-0.25, -0.2) is 4.39 Å². The summed E-state index contributed by atoms with van der Waals surface area (Å²) >= 11 is 3.35. The molecule has 2 N–H and O–H groups in total. The molecule has 1 heterocycles. The Kier molecular flexibility index (Phi) is 3.07. The molecular weight excluding hydrogens is 261 g/mol. The van der Waals surface area contributed by atoms with Crippen LogP contribution in [0.4, 0.5) is 4.39 Å².